The molecule has 0 spiro atoms. The minimum absolute atomic E-state index is 0.494. The molecule has 2 heteroatoms. The third kappa shape index (κ3) is 2.74. The van der Waals surface area contributed by atoms with Crippen molar-refractivity contribution in [3.63, 3.8) is 0 Å². The molecule has 1 aromatic carbocycles. The van der Waals surface area contributed by atoms with Crippen molar-refractivity contribution in [3.05, 3.63) is 35.4 Å². The zero-order chi connectivity index (χ0) is 13.0. The van der Waals surface area contributed by atoms with E-state index in [1.54, 1.807) is 0 Å². The van der Waals surface area contributed by atoms with Gasteiger partial charge in [-0.15, -0.1) is 0 Å². The molecule has 1 aliphatic rings. The zero-order valence-corrected chi connectivity index (χ0v) is 11.1. The van der Waals surface area contributed by atoms with Crippen LogP contribution in [0.25, 0.3) is 0 Å². The molecule has 18 heavy (non-hydrogen) atoms. The lowest BCUT2D eigenvalue weighted by atomic mass is 9.80. The molecule has 2 rings (SSSR count). The first-order valence-electron chi connectivity index (χ1n) is 6.97. The highest BCUT2D eigenvalue weighted by Crippen LogP contribution is 2.41. The van der Waals surface area contributed by atoms with Crippen molar-refractivity contribution >= 4 is 5.97 Å². The minimum Gasteiger partial charge on any atom is -0.481 e. The number of aryl methyl sites for hydroxylation is 1. The van der Waals surface area contributed by atoms with Crippen LogP contribution in [0.5, 0.6) is 0 Å². The quantitative estimate of drug-likeness (QED) is 0.857. The molecule has 0 amide bonds. The average molecular weight is 246 g/mol. The van der Waals surface area contributed by atoms with E-state index in [0.717, 1.165) is 38.5 Å². The monoisotopic (exact) mass is 246 g/mol. The van der Waals surface area contributed by atoms with Gasteiger partial charge in [-0.3, -0.25) is 4.79 Å². The van der Waals surface area contributed by atoms with Gasteiger partial charge in [-0.1, -0.05) is 50.5 Å². The normalized spacial score (nSPS) is 17.8. The fourth-order valence-corrected chi connectivity index (χ4v) is 3.02. The molecular weight excluding hydrogens is 224 g/mol. The van der Waals surface area contributed by atoms with Crippen LogP contribution in [0.4, 0.5) is 0 Å². The molecule has 1 fully saturated rings. The Morgan fingerprint density at radius 2 is 1.72 bits per heavy atom. The fourth-order valence-electron chi connectivity index (χ4n) is 3.02. The Balaban J connectivity index is 2.10. The van der Waals surface area contributed by atoms with Gasteiger partial charge < -0.3 is 5.11 Å². The lowest BCUT2D eigenvalue weighted by Crippen LogP contribution is -2.30. The smallest absolute Gasteiger partial charge is 0.309 e. The Labute approximate surface area is 109 Å². The molecule has 0 aliphatic heterocycles. The number of rotatable bonds is 5. The lowest BCUT2D eigenvalue weighted by Gasteiger charge is -2.23. The molecule has 0 unspecified atom stereocenters. The van der Waals surface area contributed by atoms with Crippen molar-refractivity contribution in [1.29, 1.82) is 0 Å². The van der Waals surface area contributed by atoms with E-state index in [-0.39, 0.29) is 0 Å². The molecule has 0 radical (unpaired) electrons. The van der Waals surface area contributed by atoms with E-state index in [4.69, 9.17) is 0 Å². The van der Waals surface area contributed by atoms with E-state index in [9.17, 15) is 9.90 Å². The molecule has 0 aromatic heterocycles. The van der Waals surface area contributed by atoms with Crippen molar-refractivity contribution in [1.82, 2.24) is 0 Å². The Morgan fingerprint density at radius 3 is 2.22 bits per heavy atom. The highest BCUT2D eigenvalue weighted by molar-refractivity contribution is 5.75. The Hall–Kier alpha value is -1.31. The number of carbonyl (C=O) groups is 1. The van der Waals surface area contributed by atoms with Crippen molar-refractivity contribution in [2.24, 2.45) is 5.41 Å². The summed E-state index contributed by atoms with van der Waals surface area (Å²) in [6.45, 7) is 2.17. The Morgan fingerprint density at radius 1 is 1.17 bits per heavy atom. The van der Waals surface area contributed by atoms with Crippen LogP contribution in [0.3, 0.4) is 0 Å². The van der Waals surface area contributed by atoms with Gasteiger partial charge in [0.25, 0.3) is 0 Å². The van der Waals surface area contributed by atoms with Gasteiger partial charge in [-0.05, 0) is 36.8 Å². The number of carboxylic acid groups (broad SMARTS) is 1. The van der Waals surface area contributed by atoms with Crippen LogP contribution < -0.4 is 0 Å². The Bertz CT molecular complexity index is 400. The van der Waals surface area contributed by atoms with Crippen molar-refractivity contribution < 1.29 is 9.90 Å². The predicted molar refractivity (Wildman–Crippen MR) is 72.7 cm³/mol. The summed E-state index contributed by atoms with van der Waals surface area (Å²) >= 11 is 0. The summed E-state index contributed by atoms with van der Waals surface area (Å²) in [5, 5.41) is 9.46. The molecule has 0 saturated heterocycles. The summed E-state index contributed by atoms with van der Waals surface area (Å²) in [5.41, 5.74) is 2.02. The molecule has 0 bridgehead atoms. The largest absolute Gasteiger partial charge is 0.481 e. The first kappa shape index (κ1) is 13.1. The van der Waals surface area contributed by atoms with Gasteiger partial charge in [-0.2, -0.15) is 0 Å². The minimum atomic E-state index is -0.613. The molecule has 1 saturated carbocycles. The van der Waals surface area contributed by atoms with Crippen LogP contribution in [-0.2, 0) is 17.6 Å². The van der Waals surface area contributed by atoms with E-state index in [1.807, 2.05) is 0 Å². The van der Waals surface area contributed by atoms with E-state index >= 15 is 0 Å². The van der Waals surface area contributed by atoms with Crippen LogP contribution in [0.2, 0.25) is 0 Å². The first-order valence-corrected chi connectivity index (χ1v) is 6.97. The summed E-state index contributed by atoms with van der Waals surface area (Å²) in [6, 6.07) is 8.49. The summed E-state index contributed by atoms with van der Waals surface area (Å²) in [6.07, 6.45) is 6.72. The lowest BCUT2D eigenvalue weighted by molar-refractivity contribution is -0.148. The van der Waals surface area contributed by atoms with Crippen molar-refractivity contribution in [2.75, 3.05) is 0 Å². The van der Waals surface area contributed by atoms with Crippen LogP contribution >= 0.6 is 0 Å². The molecule has 0 atom stereocenters. The Kier molecular flexibility index (Phi) is 4.05. The third-order valence-corrected chi connectivity index (χ3v) is 4.12. The van der Waals surface area contributed by atoms with E-state index < -0.39 is 11.4 Å². The second-order valence-electron chi connectivity index (χ2n) is 5.54. The zero-order valence-electron chi connectivity index (χ0n) is 11.1. The summed E-state index contributed by atoms with van der Waals surface area (Å²) in [5.74, 6) is -0.613. The predicted octanol–water partition coefficient (Wildman–Crippen LogP) is 3.83. The number of carboxylic acids is 1. The third-order valence-electron chi connectivity index (χ3n) is 4.12. The van der Waals surface area contributed by atoms with Crippen LogP contribution in [0.1, 0.15) is 50.2 Å². The summed E-state index contributed by atoms with van der Waals surface area (Å²) in [4.78, 5) is 11.5. The van der Waals surface area contributed by atoms with E-state index in [0.29, 0.717) is 6.42 Å². The molecule has 1 N–H and O–H groups in total. The van der Waals surface area contributed by atoms with Gasteiger partial charge in [0.15, 0.2) is 0 Å². The molecule has 1 aliphatic carbocycles. The van der Waals surface area contributed by atoms with Crippen molar-refractivity contribution in [2.45, 2.75) is 51.9 Å². The van der Waals surface area contributed by atoms with Gasteiger partial charge in [0, 0.05) is 0 Å². The average Bonchev–Trinajstić information content (AvgIpc) is 2.82. The number of benzene rings is 1. The van der Waals surface area contributed by atoms with Gasteiger partial charge in [0.05, 0.1) is 5.41 Å². The van der Waals surface area contributed by atoms with E-state index in [1.165, 1.54) is 11.1 Å². The van der Waals surface area contributed by atoms with Gasteiger partial charge in [0.2, 0.25) is 0 Å². The maximum atomic E-state index is 11.5. The standard InChI is InChI=1S/C16H22O2/c1-2-5-13-6-8-14(9-7-13)12-16(15(17)18)10-3-4-11-16/h6-9H,2-5,10-12H2,1H3,(H,17,18). The van der Waals surface area contributed by atoms with Gasteiger partial charge >= 0.3 is 5.97 Å². The molecular formula is C16H22O2. The summed E-state index contributed by atoms with van der Waals surface area (Å²) < 4.78 is 0. The SMILES string of the molecule is CCCc1ccc(CC2(C(=O)O)CCCC2)cc1. The maximum Gasteiger partial charge on any atom is 0.309 e. The van der Waals surface area contributed by atoms with Crippen molar-refractivity contribution in [3.8, 4) is 0 Å². The number of aliphatic carboxylic acids is 1. The van der Waals surface area contributed by atoms with Gasteiger partial charge in [0.1, 0.15) is 0 Å². The highest BCUT2D eigenvalue weighted by Gasteiger charge is 2.41. The molecule has 98 valence electrons. The highest BCUT2D eigenvalue weighted by atomic mass is 16.4. The molecule has 2 nitrogen and oxygen atoms in total. The van der Waals surface area contributed by atoms with Gasteiger partial charge in [-0.25, -0.2) is 0 Å². The second-order valence-corrected chi connectivity index (χ2v) is 5.54. The molecule has 0 heterocycles. The topological polar surface area (TPSA) is 37.3 Å². The number of hydrogen-bond donors (Lipinski definition) is 1. The van der Waals surface area contributed by atoms with E-state index in [2.05, 4.69) is 31.2 Å². The van der Waals surface area contributed by atoms with Crippen LogP contribution in [0.15, 0.2) is 24.3 Å². The first-order chi connectivity index (χ1) is 8.66. The maximum absolute atomic E-state index is 11.5. The summed E-state index contributed by atoms with van der Waals surface area (Å²) in [7, 11) is 0. The fraction of sp³-hybridized carbons (Fsp3) is 0.562. The number of hydrogen-bond acceptors (Lipinski definition) is 1. The second kappa shape index (κ2) is 5.55. The van der Waals surface area contributed by atoms with Crippen LogP contribution in [-0.4, -0.2) is 11.1 Å². The molecule has 1 aromatic rings. The van der Waals surface area contributed by atoms with Crippen LogP contribution in [0, 0.1) is 5.41 Å².